The van der Waals surface area contributed by atoms with Crippen molar-refractivity contribution in [2.24, 2.45) is 27.6 Å². The van der Waals surface area contributed by atoms with Crippen LogP contribution in [0.2, 0.25) is 3.12 Å². The maximum atomic E-state index is 2.85. The number of fused-ring (bicyclic) bond motifs is 6. The molecule has 0 aliphatic heterocycles. The summed E-state index contributed by atoms with van der Waals surface area (Å²) in [4.78, 5) is 0. The zero-order chi connectivity index (χ0) is 35.1. The summed E-state index contributed by atoms with van der Waals surface area (Å²) in [7, 11) is 0. The van der Waals surface area contributed by atoms with Gasteiger partial charge in [0, 0.05) is 0 Å². The van der Waals surface area contributed by atoms with E-state index in [2.05, 4.69) is 171 Å². The predicted octanol–water partition coefficient (Wildman–Crippen LogP) is 6.68. The fourth-order valence-electron chi connectivity index (χ4n) is 11.8. The summed E-state index contributed by atoms with van der Waals surface area (Å²) in [5, 5.41) is 0. The minimum Gasteiger partial charge on any atom is -1.00 e. The van der Waals surface area contributed by atoms with Crippen molar-refractivity contribution in [3.05, 3.63) is 158 Å². The number of hydrogen-bond acceptors (Lipinski definition) is 0. The van der Waals surface area contributed by atoms with Crippen molar-refractivity contribution in [1.82, 2.24) is 0 Å². The standard InChI is InChI=1S/C29H37.C15H14.C5H5.2BrH.Zr/c1-18-25-22-17-19-13-9-10-14-20(19)24(22)21-15-11-12-16-23(21)29(25,8)28(6,7)27(4,5)26(18,2)3;1-3-8-14(9-4-1)12-7-13-15-10-5-2-6-11-15;1-2-4-5-3-1;;;/h9-11,13-15,23H,12,16-17H2,1-8H3;1-6,8-11H,12-13H2;1-3H,4H2;2*1H;/q;;;;;+2/p-2. The van der Waals surface area contributed by atoms with Crippen molar-refractivity contribution in [3.8, 4) is 0 Å². The van der Waals surface area contributed by atoms with Crippen LogP contribution in [0.15, 0.2) is 135 Å². The molecule has 0 aromatic heterocycles. The molecule has 1 saturated carbocycles. The summed E-state index contributed by atoms with van der Waals surface area (Å²) in [5.74, 6) is 0.518. The van der Waals surface area contributed by atoms with Gasteiger partial charge in [-0.05, 0) is 0 Å². The average molecular weight is 896 g/mol. The normalized spacial score (nSPS) is 26.8. The Kier molecular flexibility index (Phi) is 10.9. The van der Waals surface area contributed by atoms with Gasteiger partial charge in [-0.15, -0.1) is 0 Å². The topological polar surface area (TPSA) is 0 Å². The van der Waals surface area contributed by atoms with Crippen LogP contribution in [-0.4, -0.2) is 3.21 Å². The SMILES string of the molecule is CC12C(=C3Cc4ccccc4C3=C3C=CCCC31)[C](C)([Zr+2]([C]1=CC=CC1)=[C](Cc1ccccc1)Cc1ccccc1)C(C)(C)C(C)(C)C2(C)C.[Br-].[Br-]. The molecule has 0 spiro atoms. The molecule has 0 N–H and O–H groups in total. The minimum atomic E-state index is -2.84. The minimum absolute atomic E-state index is 0. The van der Waals surface area contributed by atoms with Crippen LogP contribution in [0.25, 0.3) is 5.57 Å². The number of rotatable bonds is 6. The Morgan fingerprint density at radius 2 is 1.29 bits per heavy atom. The Balaban J connectivity index is 0.00000232. The van der Waals surface area contributed by atoms with Crippen molar-refractivity contribution >= 4 is 8.78 Å². The van der Waals surface area contributed by atoms with Crippen LogP contribution >= 0.6 is 0 Å². The van der Waals surface area contributed by atoms with E-state index < -0.39 is 21.3 Å². The largest absolute Gasteiger partial charge is 1.00 e. The Bertz CT molecular complexity index is 2010. The molecule has 0 nitrogen and oxygen atoms in total. The fraction of sp³-hybridized carbons (Fsp3) is 0.408. The van der Waals surface area contributed by atoms with Gasteiger partial charge in [0.2, 0.25) is 0 Å². The molecule has 3 aromatic rings. The molecule has 0 radical (unpaired) electrons. The quantitative estimate of drug-likeness (QED) is 0.260. The first-order chi connectivity index (χ1) is 23.9. The maximum Gasteiger partial charge on any atom is -1.00 e. The molecule has 3 heteroatoms. The number of allylic oxidation sites excluding steroid dienone is 10. The molecule has 3 unspecified atom stereocenters. The molecule has 1 fully saturated rings. The first-order valence-corrected chi connectivity index (χ1v) is 22.9. The number of benzene rings is 3. The third-order valence-electron chi connectivity index (χ3n) is 15.7. The molecular weight excluding hydrogens is 840 g/mol. The Morgan fingerprint density at radius 1 is 0.692 bits per heavy atom. The summed E-state index contributed by atoms with van der Waals surface area (Å²) in [5.41, 5.74) is 13.0. The Hall–Kier alpha value is -1.93. The molecule has 270 valence electrons. The van der Waals surface area contributed by atoms with Gasteiger partial charge >= 0.3 is 312 Å². The van der Waals surface area contributed by atoms with E-state index in [4.69, 9.17) is 0 Å². The van der Waals surface area contributed by atoms with Crippen LogP contribution in [0, 0.1) is 27.6 Å². The van der Waals surface area contributed by atoms with Crippen molar-refractivity contribution in [3.63, 3.8) is 0 Å². The molecule has 0 heterocycles. The Morgan fingerprint density at radius 3 is 1.88 bits per heavy atom. The van der Waals surface area contributed by atoms with Gasteiger partial charge < -0.3 is 34.0 Å². The van der Waals surface area contributed by atoms with E-state index in [1.54, 1.807) is 20.0 Å². The zero-order valence-corrected chi connectivity index (χ0v) is 38.2. The van der Waals surface area contributed by atoms with Crippen molar-refractivity contribution in [2.75, 3.05) is 0 Å². The van der Waals surface area contributed by atoms with Gasteiger partial charge in [-0.3, -0.25) is 0 Å². The van der Waals surface area contributed by atoms with Gasteiger partial charge in [0.25, 0.3) is 0 Å². The summed E-state index contributed by atoms with van der Waals surface area (Å²) < 4.78 is 3.71. The van der Waals surface area contributed by atoms with E-state index >= 15 is 0 Å². The van der Waals surface area contributed by atoms with E-state index in [9.17, 15) is 0 Å². The Labute approximate surface area is 343 Å². The van der Waals surface area contributed by atoms with Crippen molar-refractivity contribution in [1.29, 1.82) is 0 Å². The predicted molar refractivity (Wildman–Crippen MR) is 211 cm³/mol. The molecule has 5 aliphatic carbocycles. The second-order valence-electron chi connectivity index (χ2n) is 17.9. The van der Waals surface area contributed by atoms with E-state index in [0.29, 0.717) is 5.92 Å². The summed E-state index contributed by atoms with van der Waals surface area (Å²) in [6, 6.07) is 32.3. The van der Waals surface area contributed by atoms with Gasteiger partial charge in [-0.25, -0.2) is 0 Å². The average Bonchev–Trinajstić information content (AvgIpc) is 3.77. The van der Waals surface area contributed by atoms with Crippen LogP contribution in [0.4, 0.5) is 0 Å². The van der Waals surface area contributed by atoms with E-state index in [1.807, 2.05) is 8.78 Å². The summed E-state index contributed by atoms with van der Waals surface area (Å²) in [6.07, 6.45) is 19.3. The first-order valence-electron chi connectivity index (χ1n) is 19.3. The van der Waals surface area contributed by atoms with Crippen LogP contribution in [-0.2, 0) is 40.5 Å². The van der Waals surface area contributed by atoms with Crippen molar-refractivity contribution in [2.45, 2.75) is 97.0 Å². The van der Waals surface area contributed by atoms with Crippen molar-refractivity contribution < 1.29 is 55.2 Å². The fourth-order valence-corrected chi connectivity index (χ4v) is 23.5. The van der Waals surface area contributed by atoms with Gasteiger partial charge in [-0.2, -0.15) is 0 Å². The second kappa shape index (κ2) is 14.3. The zero-order valence-electron chi connectivity index (χ0n) is 32.5. The van der Waals surface area contributed by atoms with E-state index in [-0.39, 0.29) is 58.7 Å². The third-order valence-corrected chi connectivity index (χ3v) is 25.4. The van der Waals surface area contributed by atoms with E-state index in [1.165, 1.54) is 35.1 Å². The molecule has 0 saturated heterocycles. The van der Waals surface area contributed by atoms with E-state index in [0.717, 1.165) is 25.7 Å². The van der Waals surface area contributed by atoms with Crippen LogP contribution in [0.5, 0.6) is 0 Å². The molecule has 5 aliphatic rings. The molecule has 3 atom stereocenters. The molecule has 8 rings (SSSR count). The van der Waals surface area contributed by atoms with Crippen LogP contribution in [0.1, 0.15) is 96.9 Å². The molecule has 0 bridgehead atoms. The molecule has 3 aromatic carbocycles. The third kappa shape index (κ3) is 5.51. The van der Waals surface area contributed by atoms with Gasteiger partial charge in [0.05, 0.1) is 0 Å². The van der Waals surface area contributed by atoms with Crippen LogP contribution in [0.3, 0.4) is 0 Å². The van der Waals surface area contributed by atoms with Gasteiger partial charge in [0.15, 0.2) is 0 Å². The summed E-state index contributed by atoms with van der Waals surface area (Å²) >= 11 is -2.84. The first kappa shape index (κ1) is 39.8. The molecule has 52 heavy (non-hydrogen) atoms. The summed E-state index contributed by atoms with van der Waals surface area (Å²) in [6.45, 7) is 21.8. The molecular formula is C49H56Br2Zr. The number of hydrogen-bond donors (Lipinski definition) is 0. The van der Waals surface area contributed by atoms with Crippen LogP contribution < -0.4 is 34.0 Å². The second-order valence-corrected chi connectivity index (χ2v) is 25.5. The number of halogens is 2. The smallest absolute Gasteiger partial charge is 1.00 e. The monoisotopic (exact) mass is 892 g/mol. The van der Waals surface area contributed by atoms with Gasteiger partial charge in [0.1, 0.15) is 0 Å². The van der Waals surface area contributed by atoms with Gasteiger partial charge in [-0.1, -0.05) is 0 Å². The molecule has 0 amide bonds. The maximum absolute atomic E-state index is 2.85.